The van der Waals surface area contributed by atoms with Crippen LogP contribution in [0.1, 0.15) is 32.4 Å². The predicted molar refractivity (Wildman–Crippen MR) is 56.7 cm³/mol. The Balaban J connectivity index is 1.84. The van der Waals surface area contributed by atoms with Crippen molar-refractivity contribution < 1.29 is 13.9 Å². The smallest absolute Gasteiger partial charge is 0.240 e. The van der Waals surface area contributed by atoms with Crippen LogP contribution < -0.4 is 0 Å². The van der Waals surface area contributed by atoms with E-state index in [-0.39, 0.29) is 6.29 Å². The van der Waals surface area contributed by atoms with Crippen molar-refractivity contribution in [3.05, 3.63) is 30.4 Å². The molecule has 0 N–H and O–H groups in total. The molecule has 0 aliphatic carbocycles. The van der Waals surface area contributed by atoms with Crippen LogP contribution in [0.2, 0.25) is 0 Å². The number of hydrogen-bond acceptors (Lipinski definition) is 3. The molecule has 0 spiro atoms. The Bertz CT molecular complexity index is 325. The van der Waals surface area contributed by atoms with Crippen LogP contribution in [0.5, 0.6) is 0 Å². The van der Waals surface area contributed by atoms with Gasteiger partial charge in [0.05, 0.1) is 6.26 Å². The second-order valence-electron chi connectivity index (χ2n) is 4.11. The summed E-state index contributed by atoms with van der Waals surface area (Å²) in [5.41, 5.74) is 0. The minimum atomic E-state index is -0.146. The molecule has 2 heterocycles. The average molecular weight is 208 g/mol. The zero-order valence-electron chi connectivity index (χ0n) is 9.10. The standard InChI is InChI=1S/C12H16O3/c1-9(2)5-6-12-14-8-11(15-12)10-4-3-7-13-10/h3-4,7-9,12H,5-6H2,1-2H3. The van der Waals surface area contributed by atoms with Crippen LogP contribution in [0.4, 0.5) is 0 Å². The topological polar surface area (TPSA) is 31.6 Å². The van der Waals surface area contributed by atoms with Gasteiger partial charge in [0.15, 0.2) is 5.76 Å². The van der Waals surface area contributed by atoms with Gasteiger partial charge in [-0.05, 0) is 24.5 Å². The number of rotatable bonds is 4. The number of ether oxygens (including phenoxy) is 2. The van der Waals surface area contributed by atoms with Crippen molar-refractivity contribution in [2.45, 2.75) is 33.0 Å². The maximum atomic E-state index is 5.60. The molecule has 0 amide bonds. The minimum absolute atomic E-state index is 0.146. The highest BCUT2D eigenvalue weighted by molar-refractivity contribution is 5.54. The molecule has 0 bridgehead atoms. The van der Waals surface area contributed by atoms with E-state index in [0.717, 1.165) is 18.6 Å². The Morgan fingerprint density at radius 1 is 1.40 bits per heavy atom. The van der Waals surface area contributed by atoms with E-state index in [1.165, 1.54) is 0 Å². The van der Waals surface area contributed by atoms with Crippen LogP contribution in [0.3, 0.4) is 0 Å². The zero-order chi connectivity index (χ0) is 10.7. The van der Waals surface area contributed by atoms with Crippen molar-refractivity contribution in [2.75, 3.05) is 0 Å². The van der Waals surface area contributed by atoms with E-state index in [1.54, 1.807) is 12.5 Å². The van der Waals surface area contributed by atoms with Gasteiger partial charge in [-0.2, -0.15) is 0 Å². The van der Waals surface area contributed by atoms with Crippen LogP contribution in [0.25, 0.3) is 5.76 Å². The first-order valence-electron chi connectivity index (χ1n) is 5.32. The van der Waals surface area contributed by atoms with Gasteiger partial charge in [0, 0.05) is 6.42 Å². The highest BCUT2D eigenvalue weighted by Crippen LogP contribution is 2.27. The Labute approximate surface area is 89.7 Å². The second-order valence-corrected chi connectivity index (χ2v) is 4.11. The Morgan fingerprint density at radius 2 is 2.27 bits per heavy atom. The lowest BCUT2D eigenvalue weighted by Crippen LogP contribution is -2.09. The van der Waals surface area contributed by atoms with Gasteiger partial charge in [-0.1, -0.05) is 13.8 Å². The van der Waals surface area contributed by atoms with Gasteiger partial charge in [0.1, 0.15) is 6.26 Å². The summed E-state index contributed by atoms with van der Waals surface area (Å²) in [4.78, 5) is 0. The minimum Gasteiger partial charge on any atom is -0.461 e. The third-order valence-electron chi connectivity index (χ3n) is 2.33. The molecule has 0 fully saturated rings. The van der Waals surface area contributed by atoms with Gasteiger partial charge in [0.2, 0.25) is 12.0 Å². The lowest BCUT2D eigenvalue weighted by molar-refractivity contribution is -0.0249. The molecule has 1 atom stereocenters. The monoisotopic (exact) mass is 208 g/mol. The SMILES string of the molecule is CC(C)CCC1OC=C(c2ccco2)O1. The summed E-state index contributed by atoms with van der Waals surface area (Å²) in [7, 11) is 0. The average Bonchev–Trinajstić information content (AvgIpc) is 2.85. The van der Waals surface area contributed by atoms with E-state index in [1.807, 2.05) is 12.1 Å². The summed E-state index contributed by atoms with van der Waals surface area (Å²) in [5.74, 6) is 2.08. The quantitative estimate of drug-likeness (QED) is 0.760. The molecular formula is C12H16O3. The largest absolute Gasteiger partial charge is 0.461 e. The van der Waals surface area contributed by atoms with Crippen LogP contribution >= 0.6 is 0 Å². The van der Waals surface area contributed by atoms with Gasteiger partial charge in [-0.3, -0.25) is 0 Å². The predicted octanol–water partition coefficient (Wildman–Crippen LogP) is 3.39. The van der Waals surface area contributed by atoms with Gasteiger partial charge in [-0.25, -0.2) is 0 Å². The maximum Gasteiger partial charge on any atom is 0.240 e. The third-order valence-corrected chi connectivity index (χ3v) is 2.33. The first-order chi connectivity index (χ1) is 7.25. The molecule has 2 rings (SSSR count). The molecule has 0 aromatic carbocycles. The summed E-state index contributed by atoms with van der Waals surface area (Å²) in [6.07, 6.45) is 5.13. The molecule has 1 aliphatic heterocycles. The third kappa shape index (κ3) is 2.55. The van der Waals surface area contributed by atoms with E-state index in [0.29, 0.717) is 11.7 Å². The van der Waals surface area contributed by atoms with Crippen LogP contribution in [-0.2, 0) is 9.47 Å². The Hall–Kier alpha value is -1.38. The van der Waals surface area contributed by atoms with Gasteiger partial charge < -0.3 is 13.9 Å². The zero-order valence-corrected chi connectivity index (χ0v) is 9.10. The van der Waals surface area contributed by atoms with Gasteiger partial charge in [0.25, 0.3) is 0 Å². The highest BCUT2D eigenvalue weighted by atomic mass is 16.7. The van der Waals surface area contributed by atoms with E-state index >= 15 is 0 Å². The van der Waals surface area contributed by atoms with E-state index < -0.39 is 0 Å². The summed E-state index contributed by atoms with van der Waals surface area (Å²) in [6.45, 7) is 4.38. The summed E-state index contributed by atoms with van der Waals surface area (Å²) in [5, 5.41) is 0. The van der Waals surface area contributed by atoms with Crippen molar-refractivity contribution in [3.63, 3.8) is 0 Å². The van der Waals surface area contributed by atoms with Crippen molar-refractivity contribution in [2.24, 2.45) is 5.92 Å². The first kappa shape index (κ1) is 10.1. The Kier molecular flexibility index (Phi) is 2.99. The summed E-state index contributed by atoms with van der Waals surface area (Å²) < 4.78 is 16.2. The number of furan rings is 1. The fourth-order valence-corrected chi connectivity index (χ4v) is 1.47. The molecule has 0 radical (unpaired) electrons. The Morgan fingerprint density at radius 3 is 2.93 bits per heavy atom. The van der Waals surface area contributed by atoms with Crippen molar-refractivity contribution in [3.8, 4) is 0 Å². The fourth-order valence-electron chi connectivity index (χ4n) is 1.47. The normalized spacial score (nSPS) is 19.9. The van der Waals surface area contributed by atoms with Crippen molar-refractivity contribution in [1.82, 2.24) is 0 Å². The van der Waals surface area contributed by atoms with E-state index in [2.05, 4.69) is 13.8 Å². The highest BCUT2D eigenvalue weighted by Gasteiger charge is 2.22. The molecule has 3 heteroatoms. The molecule has 3 nitrogen and oxygen atoms in total. The molecule has 0 saturated heterocycles. The molecule has 1 aromatic rings. The lowest BCUT2D eigenvalue weighted by atomic mass is 10.1. The number of hydrogen-bond donors (Lipinski definition) is 0. The van der Waals surface area contributed by atoms with Crippen molar-refractivity contribution in [1.29, 1.82) is 0 Å². The first-order valence-corrected chi connectivity index (χ1v) is 5.32. The molecule has 1 aliphatic rings. The van der Waals surface area contributed by atoms with E-state index in [4.69, 9.17) is 13.9 Å². The van der Waals surface area contributed by atoms with Crippen LogP contribution in [-0.4, -0.2) is 6.29 Å². The van der Waals surface area contributed by atoms with E-state index in [9.17, 15) is 0 Å². The summed E-state index contributed by atoms with van der Waals surface area (Å²) >= 11 is 0. The molecule has 82 valence electrons. The fraction of sp³-hybridized carbons (Fsp3) is 0.500. The van der Waals surface area contributed by atoms with Crippen LogP contribution in [0, 0.1) is 5.92 Å². The molecule has 0 saturated carbocycles. The molecule has 15 heavy (non-hydrogen) atoms. The molecular weight excluding hydrogens is 192 g/mol. The second kappa shape index (κ2) is 4.43. The molecule has 1 unspecified atom stereocenters. The lowest BCUT2D eigenvalue weighted by Gasteiger charge is -2.12. The van der Waals surface area contributed by atoms with Crippen LogP contribution in [0.15, 0.2) is 29.1 Å². The molecule has 1 aromatic heterocycles. The van der Waals surface area contributed by atoms with Crippen molar-refractivity contribution >= 4 is 5.76 Å². The summed E-state index contributed by atoms with van der Waals surface area (Å²) in [6, 6.07) is 3.70. The van der Waals surface area contributed by atoms with Gasteiger partial charge >= 0.3 is 0 Å². The van der Waals surface area contributed by atoms with Gasteiger partial charge in [-0.15, -0.1) is 0 Å². The maximum absolute atomic E-state index is 5.60.